The minimum absolute atomic E-state index is 0.138. The second-order valence-corrected chi connectivity index (χ2v) is 7.89. The average molecular weight is 416 g/mol. The SMILES string of the molecule is Cc1nc(N2CCOCC2)[nH]c(=O)c1CCC(=O)NC(c1ccc(F)cc1)C(C)C. The number of morpholine rings is 1. The number of hydrogen-bond donors (Lipinski definition) is 2. The molecular formula is C22H29FN4O3. The molecule has 30 heavy (non-hydrogen) atoms. The molecule has 0 saturated carbocycles. The summed E-state index contributed by atoms with van der Waals surface area (Å²) in [4.78, 5) is 34.5. The molecule has 162 valence electrons. The number of hydrogen-bond acceptors (Lipinski definition) is 5. The van der Waals surface area contributed by atoms with Gasteiger partial charge in [0.15, 0.2) is 0 Å². The molecule has 0 aliphatic carbocycles. The molecular weight excluding hydrogens is 387 g/mol. The molecule has 1 aromatic carbocycles. The number of anilines is 1. The van der Waals surface area contributed by atoms with Gasteiger partial charge in [0.05, 0.1) is 19.3 Å². The van der Waals surface area contributed by atoms with Crippen LogP contribution in [0.25, 0.3) is 0 Å². The quantitative estimate of drug-likeness (QED) is 0.724. The zero-order valence-corrected chi connectivity index (χ0v) is 17.7. The van der Waals surface area contributed by atoms with Crippen LogP contribution in [0.3, 0.4) is 0 Å². The standard InChI is InChI=1S/C22H29FN4O3/c1-14(2)20(16-4-6-17(23)7-5-16)25-19(28)9-8-18-15(3)24-22(26-21(18)29)27-10-12-30-13-11-27/h4-7,14,20H,8-13H2,1-3H3,(H,25,28)(H,24,26,29). The molecule has 1 amide bonds. The monoisotopic (exact) mass is 416 g/mol. The van der Waals surface area contributed by atoms with E-state index >= 15 is 0 Å². The third-order valence-electron chi connectivity index (χ3n) is 5.33. The summed E-state index contributed by atoms with van der Waals surface area (Å²) < 4.78 is 18.5. The number of nitrogens with one attached hydrogen (secondary N) is 2. The van der Waals surface area contributed by atoms with E-state index in [1.807, 2.05) is 18.7 Å². The summed E-state index contributed by atoms with van der Waals surface area (Å²) in [6.07, 6.45) is 0.477. The summed E-state index contributed by atoms with van der Waals surface area (Å²) >= 11 is 0. The second-order valence-electron chi connectivity index (χ2n) is 7.89. The Morgan fingerprint density at radius 3 is 2.53 bits per heavy atom. The van der Waals surface area contributed by atoms with Crippen LogP contribution in [0.2, 0.25) is 0 Å². The van der Waals surface area contributed by atoms with Crippen molar-refractivity contribution in [1.82, 2.24) is 15.3 Å². The van der Waals surface area contributed by atoms with E-state index in [9.17, 15) is 14.0 Å². The van der Waals surface area contributed by atoms with Crippen molar-refractivity contribution in [3.8, 4) is 0 Å². The minimum Gasteiger partial charge on any atom is -0.378 e. The number of nitrogens with zero attached hydrogens (tertiary/aromatic N) is 2. The van der Waals surface area contributed by atoms with Crippen molar-refractivity contribution in [3.63, 3.8) is 0 Å². The highest BCUT2D eigenvalue weighted by atomic mass is 19.1. The highest BCUT2D eigenvalue weighted by molar-refractivity contribution is 5.76. The summed E-state index contributed by atoms with van der Waals surface area (Å²) in [5.41, 5.74) is 1.79. The highest BCUT2D eigenvalue weighted by Gasteiger charge is 2.20. The van der Waals surface area contributed by atoms with Gasteiger partial charge in [-0.2, -0.15) is 0 Å². The normalized spacial score (nSPS) is 15.3. The average Bonchev–Trinajstić information content (AvgIpc) is 2.72. The van der Waals surface area contributed by atoms with E-state index in [2.05, 4.69) is 15.3 Å². The lowest BCUT2D eigenvalue weighted by molar-refractivity contribution is -0.122. The first-order valence-electron chi connectivity index (χ1n) is 10.3. The number of amides is 1. The predicted molar refractivity (Wildman–Crippen MR) is 113 cm³/mol. The van der Waals surface area contributed by atoms with Crippen molar-refractivity contribution in [2.24, 2.45) is 5.92 Å². The number of aromatic amines is 1. The second kappa shape index (κ2) is 9.84. The molecule has 1 fully saturated rings. The van der Waals surface area contributed by atoms with Gasteiger partial charge in [-0.05, 0) is 37.0 Å². The Morgan fingerprint density at radius 1 is 1.27 bits per heavy atom. The molecule has 2 N–H and O–H groups in total. The number of aromatic nitrogens is 2. The fourth-order valence-electron chi connectivity index (χ4n) is 3.60. The van der Waals surface area contributed by atoms with Gasteiger partial charge in [-0.1, -0.05) is 26.0 Å². The minimum atomic E-state index is -0.310. The molecule has 1 unspecified atom stereocenters. The summed E-state index contributed by atoms with van der Waals surface area (Å²) in [6, 6.07) is 5.93. The van der Waals surface area contributed by atoms with Gasteiger partial charge in [0.25, 0.3) is 5.56 Å². The van der Waals surface area contributed by atoms with Crippen LogP contribution in [-0.4, -0.2) is 42.2 Å². The number of rotatable bonds is 7. The van der Waals surface area contributed by atoms with Crippen LogP contribution in [-0.2, 0) is 16.0 Å². The van der Waals surface area contributed by atoms with Crippen LogP contribution in [0.15, 0.2) is 29.1 Å². The number of H-pyrrole nitrogens is 1. The predicted octanol–water partition coefficient (Wildman–Crippen LogP) is 2.50. The summed E-state index contributed by atoms with van der Waals surface area (Å²) in [5.74, 6) is 0.216. The van der Waals surface area contributed by atoms with Gasteiger partial charge in [0.2, 0.25) is 11.9 Å². The third kappa shape index (κ3) is 5.44. The van der Waals surface area contributed by atoms with Crippen molar-refractivity contribution in [2.45, 2.75) is 39.7 Å². The number of carbonyl (C=O) groups excluding carboxylic acids is 1. The lowest BCUT2D eigenvalue weighted by atomic mass is 9.95. The fraction of sp³-hybridized carbons (Fsp3) is 0.500. The zero-order valence-electron chi connectivity index (χ0n) is 17.7. The Hall–Kier alpha value is -2.74. The number of aryl methyl sites for hydroxylation is 1. The van der Waals surface area contributed by atoms with Crippen LogP contribution in [0.5, 0.6) is 0 Å². The van der Waals surface area contributed by atoms with Crippen molar-refractivity contribution >= 4 is 11.9 Å². The van der Waals surface area contributed by atoms with Crippen LogP contribution >= 0.6 is 0 Å². The molecule has 1 saturated heterocycles. The molecule has 2 heterocycles. The maximum Gasteiger partial charge on any atom is 0.255 e. The number of ether oxygens (including phenoxy) is 1. The zero-order chi connectivity index (χ0) is 21.7. The first-order chi connectivity index (χ1) is 14.3. The molecule has 1 aliphatic rings. The Labute approximate surface area is 175 Å². The molecule has 0 spiro atoms. The van der Waals surface area contributed by atoms with E-state index in [0.717, 1.165) is 5.56 Å². The van der Waals surface area contributed by atoms with Crippen LogP contribution in [0.4, 0.5) is 10.3 Å². The van der Waals surface area contributed by atoms with E-state index in [4.69, 9.17) is 4.74 Å². The van der Waals surface area contributed by atoms with E-state index in [-0.39, 0.29) is 35.7 Å². The molecule has 0 bridgehead atoms. The molecule has 2 aromatic rings. The smallest absolute Gasteiger partial charge is 0.255 e. The van der Waals surface area contributed by atoms with Gasteiger partial charge in [-0.15, -0.1) is 0 Å². The molecule has 8 heteroatoms. The number of benzene rings is 1. The van der Waals surface area contributed by atoms with Gasteiger partial charge in [0.1, 0.15) is 5.82 Å². The van der Waals surface area contributed by atoms with Crippen molar-refractivity contribution < 1.29 is 13.9 Å². The Balaban J connectivity index is 1.64. The fourth-order valence-corrected chi connectivity index (χ4v) is 3.60. The highest BCUT2D eigenvalue weighted by Crippen LogP contribution is 2.22. The Bertz CT molecular complexity index is 921. The third-order valence-corrected chi connectivity index (χ3v) is 5.33. The van der Waals surface area contributed by atoms with Crippen LogP contribution in [0.1, 0.15) is 43.1 Å². The molecule has 1 atom stereocenters. The van der Waals surface area contributed by atoms with Gasteiger partial charge >= 0.3 is 0 Å². The van der Waals surface area contributed by atoms with Crippen LogP contribution in [0, 0.1) is 18.7 Å². The Kier molecular flexibility index (Phi) is 7.20. The van der Waals surface area contributed by atoms with E-state index < -0.39 is 0 Å². The van der Waals surface area contributed by atoms with Gasteiger partial charge < -0.3 is 15.0 Å². The summed E-state index contributed by atoms with van der Waals surface area (Å²) in [6.45, 7) is 8.37. The maximum absolute atomic E-state index is 13.2. The summed E-state index contributed by atoms with van der Waals surface area (Å²) in [5, 5.41) is 3.01. The molecule has 3 rings (SSSR count). The first kappa shape index (κ1) is 22.0. The largest absolute Gasteiger partial charge is 0.378 e. The maximum atomic E-state index is 13.2. The molecule has 0 radical (unpaired) electrons. The molecule has 1 aliphatic heterocycles. The number of halogens is 1. The molecule has 7 nitrogen and oxygen atoms in total. The van der Waals surface area contributed by atoms with E-state index in [1.54, 1.807) is 19.1 Å². The lowest BCUT2D eigenvalue weighted by Crippen LogP contribution is -2.38. The first-order valence-corrected chi connectivity index (χ1v) is 10.3. The molecule has 1 aromatic heterocycles. The van der Waals surface area contributed by atoms with E-state index in [1.165, 1.54) is 12.1 Å². The van der Waals surface area contributed by atoms with Gasteiger partial charge in [-0.25, -0.2) is 9.37 Å². The van der Waals surface area contributed by atoms with Gasteiger partial charge in [0, 0.05) is 30.8 Å². The van der Waals surface area contributed by atoms with Gasteiger partial charge in [-0.3, -0.25) is 14.6 Å². The topological polar surface area (TPSA) is 87.3 Å². The van der Waals surface area contributed by atoms with Crippen molar-refractivity contribution in [1.29, 1.82) is 0 Å². The van der Waals surface area contributed by atoms with Crippen molar-refractivity contribution in [3.05, 3.63) is 57.3 Å². The van der Waals surface area contributed by atoms with Crippen molar-refractivity contribution in [2.75, 3.05) is 31.2 Å². The lowest BCUT2D eigenvalue weighted by Gasteiger charge is -2.27. The summed E-state index contributed by atoms with van der Waals surface area (Å²) in [7, 11) is 0. The Morgan fingerprint density at radius 2 is 1.93 bits per heavy atom. The van der Waals surface area contributed by atoms with E-state index in [0.29, 0.717) is 49.9 Å². The van der Waals surface area contributed by atoms with Crippen LogP contribution < -0.4 is 15.8 Å². The number of carbonyl (C=O) groups is 1.